The third-order valence-corrected chi connectivity index (χ3v) is 6.33. The van der Waals surface area contributed by atoms with E-state index in [-0.39, 0.29) is 0 Å². The molecule has 0 aliphatic heterocycles. The Labute approximate surface area is 205 Å². The average Bonchev–Trinajstić information content (AvgIpc) is 3.14. The van der Waals surface area contributed by atoms with Crippen molar-refractivity contribution in [2.24, 2.45) is 7.05 Å². The Morgan fingerprint density at radius 1 is 1.03 bits per heavy atom. The minimum atomic E-state index is -3.72. The second-order valence-electron chi connectivity index (χ2n) is 8.59. The number of hydrogen-bond acceptors (Lipinski definition) is 5. The van der Waals surface area contributed by atoms with E-state index < -0.39 is 22.0 Å². The van der Waals surface area contributed by atoms with E-state index in [1.54, 1.807) is 36.4 Å². The minimum absolute atomic E-state index is 0.465. The van der Waals surface area contributed by atoms with Crippen LogP contribution >= 0.6 is 0 Å². The van der Waals surface area contributed by atoms with Gasteiger partial charge in [0.2, 0.25) is 16.1 Å². The van der Waals surface area contributed by atoms with Crippen molar-refractivity contribution in [1.82, 2.24) is 14.3 Å². The molecule has 7 nitrogen and oxygen atoms in total. The molecular weight excluding hydrogens is 462 g/mol. The van der Waals surface area contributed by atoms with Crippen LogP contribution in [0, 0.1) is 0 Å². The molecule has 0 radical (unpaired) electrons. The molecule has 0 spiro atoms. The molecule has 182 valence electrons. The van der Waals surface area contributed by atoms with Crippen LogP contribution in [-0.2, 0) is 34.7 Å². The molecule has 8 heteroatoms. The zero-order valence-corrected chi connectivity index (χ0v) is 20.9. The van der Waals surface area contributed by atoms with Crippen LogP contribution in [0.1, 0.15) is 42.0 Å². The summed E-state index contributed by atoms with van der Waals surface area (Å²) in [6.07, 6.45) is 2.52. The van der Waals surface area contributed by atoms with Gasteiger partial charge in [-0.25, -0.2) is 18.1 Å². The number of benzene rings is 3. The molecule has 0 saturated carbocycles. The lowest BCUT2D eigenvalue weighted by Gasteiger charge is -2.19. The molecule has 0 saturated heterocycles. The van der Waals surface area contributed by atoms with Crippen LogP contribution in [-0.4, -0.2) is 30.1 Å². The van der Waals surface area contributed by atoms with Gasteiger partial charge in [0.25, 0.3) is 5.91 Å². The third kappa shape index (κ3) is 5.89. The normalized spacial score (nSPS) is 12.4. The molecule has 0 bridgehead atoms. The summed E-state index contributed by atoms with van der Waals surface area (Å²) in [5, 5.41) is 0. The van der Waals surface area contributed by atoms with Crippen molar-refractivity contribution in [3.05, 3.63) is 95.3 Å². The first-order valence-corrected chi connectivity index (χ1v) is 13.4. The van der Waals surface area contributed by atoms with Gasteiger partial charge < -0.3 is 9.30 Å². The SMILES string of the molecule is CCCc1nc2c(Cc3ccc(OC(C(=O)NS(C)(=O)=O)c4ccccc4)cc3)cccc2n1C. The molecule has 4 rings (SSSR count). The van der Waals surface area contributed by atoms with Gasteiger partial charge in [0.1, 0.15) is 11.6 Å². The van der Waals surface area contributed by atoms with Gasteiger partial charge in [-0.2, -0.15) is 0 Å². The number of nitrogens with zero attached hydrogens (tertiary/aromatic N) is 2. The molecule has 3 aromatic carbocycles. The van der Waals surface area contributed by atoms with Crippen molar-refractivity contribution in [2.75, 3.05) is 6.26 Å². The highest BCUT2D eigenvalue weighted by atomic mass is 32.2. The molecule has 0 aliphatic carbocycles. The molecule has 1 unspecified atom stereocenters. The highest BCUT2D eigenvalue weighted by Gasteiger charge is 2.25. The van der Waals surface area contributed by atoms with E-state index in [1.807, 2.05) is 22.9 Å². The van der Waals surface area contributed by atoms with Gasteiger partial charge in [0.05, 0.1) is 17.3 Å². The van der Waals surface area contributed by atoms with E-state index in [0.29, 0.717) is 17.7 Å². The van der Waals surface area contributed by atoms with Gasteiger partial charge >= 0.3 is 0 Å². The van der Waals surface area contributed by atoms with Gasteiger partial charge in [-0.3, -0.25) is 4.79 Å². The second kappa shape index (κ2) is 10.3. The molecule has 1 N–H and O–H groups in total. The zero-order valence-electron chi connectivity index (χ0n) is 20.1. The number of para-hydroxylation sites is 1. The lowest BCUT2D eigenvalue weighted by Crippen LogP contribution is -2.36. The number of aryl methyl sites for hydroxylation is 2. The summed E-state index contributed by atoms with van der Waals surface area (Å²) in [5.41, 5.74) is 4.91. The predicted octanol–water partition coefficient (Wildman–Crippen LogP) is 4.31. The van der Waals surface area contributed by atoms with E-state index in [1.165, 1.54) is 0 Å². The van der Waals surface area contributed by atoms with Crippen LogP contribution in [0.25, 0.3) is 11.0 Å². The smallest absolute Gasteiger partial charge is 0.279 e. The maximum atomic E-state index is 12.6. The Morgan fingerprint density at radius 3 is 2.40 bits per heavy atom. The second-order valence-corrected chi connectivity index (χ2v) is 10.3. The van der Waals surface area contributed by atoms with Gasteiger partial charge in [0, 0.05) is 19.0 Å². The lowest BCUT2D eigenvalue weighted by molar-refractivity contribution is -0.126. The summed E-state index contributed by atoms with van der Waals surface area (Å²) in [5.74, 6) is 0.804. The summed E-state index contributed by atoms with van der Waals surface area (Å²) in [4.78, 5) is 17.5. The highest BCUT2D eigenvalue weighted by Crippen LogP contribution is 2.26. The molecular formula is C27H29N3O4S. The molecule has 4 aromatic rings. The molecule has 1 atom stereocenters. The van der Waals surface area contributed by atoms with Crippen LogP contribution in [0.2, 0.25) is 0 Å². The van der Waals surface area contributed by atoms with Crippen LogP contribution in [0.5, 0.6) is 5.75 Å². The van der Waals surface area contributed by atoms with Gasteiger partial charge in [-0.05, 0) is 42.2 Å². The number of hydrogen-bond donors (Lipinski definition) is 1. The first kappa shape index (κ1) is 24.5. The average molecular weight is 492 g/mol. The summed E-state index contributed by atoms with van der Waals surface area (Å²) < 4.78 is 33.3. The first-order valence-electron chi connectivity index (χ1n) is 11.5. The topological polar surface area (TPSA) is 90.3 Å². The maximum absolute atomic E-state index is 12.6. The highest BCUT2D eigenvalue weighted by molar-refractivity contribution is 7.89. The summed E-state index contributed by atoms with van der Waals surface area (Å²) in [7, 11) is -1.67. The molecule has 1 amide bonds. The quantitative estimate of drug-likeness (QED) is 0.377. The maximum Gasteiger partial charge on any atom is 0.279 e. The number of carbonyl (C=O) groups is 1. The predicted molar refractivity (Wildman–Crippen MR) is 137 cm³/mol. The van der Waals surface area contributed by atoms with Crippen LogP contribution in [0.3, 0.4) is 0 Å². The first-order chi connectivity index (χ1) is 16.7. The number of imidazole rings is 1. The lowest BCUT2D eigenvalue weighted by atomic mass is 10.0. The van der Waals surface area contributed by atoms with Gasteiger partial charge in [-0.1, -0.05) is 61.5 Å². The molecule has 35 heavy (non-hydrogen) atoms. The summed E-state index contributed by atoms with van der Waals surface area (Å²) in [6, 6.07) is 22.5. The minimum Gasteiger partial charge on any atom is -0.476 e. The summed E-state index contributed by atoms with van der Waals surface area (Å²) >= 11 is 0. The number of carbonyl (C=O) groups excluding carboxylic acids is 1. The number of fused-ring (bicyclic) bond motifs is 1. The van der Waals surface area contributed by atoms with E-state index in [2.05, 4.69) is 36.7 Å². The number of nitrogens with one attached hydrogen (secondary N) is 1. The Hall–Kier alpha value is -3.65. The van der Waals surface area contributed by atoms with Crippen molar-refractivity contribution in [2.45, 2.75) is 32.3 Å². The molecule has 1 heterocycles. The number of aromatic nitrogens is 2. The number of amides is 1. The zero-order chi connectivity index (χ0) is 25.0. The Bertz CT molecular complexity index is 1430. The van der Waals surface area contributed by atoms with E-state index in [9.17, 15) is 13.2 Å². The number of sulfonamides is 1. The van der Waals surface area contributed by atoms with E-state index in [4.69, 9.17) is 9.72 Å². The Morgan fingerprint density at radius 2 is 1.74 bits per heavy atom. The fourth-order valence-corrected chi connectivity index (χ4v) is 4.56. The summed E-state index contributed by atoms with van der Waals surface area (Å²) in [6.45, 7) is 2.15. The van der Waals surface area contributed by atoms with Crippen molar-refractivity contribution in [1.29, 1.82) is 0 Å². The van der Waals surface area contributed by atoms with Crippen LogP contribution < -0.4 is 9.46 Å². The van der Waals surface area contributed by atoms with Crippen LogP contribution in [0.4, 0.5) is 0 Å². The molecule has 1 aromatic heterocycles. The van der Waals surface area contributed by atoms with Gasteiger partial charge in [-0.15, -0.1) is 0 Å². The molecule has 0 aliphatic rings. The number of rotatable bonds is 9. The Balaban J connectivity index is 1.55. The number of ether oxygens (including phenoxy) is 1. The fraction of sp³-hybridized carbons (Fsp3) is 0.259. The van der Waals surface area contributed by atoms with Crippen molar-refractivity contribution >= 4 is 27.0 Å². The van der Waals surface area contributed by atoms with Gasteiger partial charge in [0.15, 0.2) is 0 Å². The standard InChI is InChI=1S/C27H29N3O4S/c1-4-9-24-28-25-21(12-8-13-23(25)30(24)2)18-19-14-16-22(17-15-19)34-26(20-10-6-5-7-11-20)27(31)29-35(3,32)33/h5-8,10-17,26H,4,9,18H2,1-3H3,(H,29,31). The van der Waals surface area contributed by atoms with Crippen molar-refractivity contribution in [3.8, 4) is 5.75 Å². The van der Waals surface area contributed by atoms with Crippen molar-refractivity contribution < 1.29 is 17.9 Å². The van der Waals surface area contributed by atoms with Crippen molar-refractivity contribution in [3.63, 3.8) is 0 Å². The third-order valence-electron chi connectivity index (χ3n) is 5.76. The largest absolute Gasteiger partial charge is 0.476 e. The fourth-order valence-electron chi connectivity index (χ4n) is 4.09. The van der Waals surface area contributed by atoms with E-state index in [0.717, 1.165) is 47.1 Å². The molecule has 0 fully saturated rings. The van der Waals surface area contributed by atoms with E-state index >= 15 is 0 Å². The van der Waals surface area contributed by atoms with Crippen LogP contribution in [0.15, 0.2) is 72.8 Å². The Kier molecular flexibility index (Phi) is 7.21. The monoisotopic (exact) mass is 491 g/mol.